The third kappa shape index (κ3) is 4.58. The van der Waals surface area contributed by atoms with Crippen LogP contribution in [0.25, 0.3) is 0 Å². The van der Waals surface area contributed by atoms with E-state index in [9.17, 15) is 4.79 Å². The highest BCUT2D eigenvalue weighted by Crippen LogP contribution is 2.00. The van der Waals surface area contributed by atoms with Crippen molar-refractivity contribution in [1.82, 2.24) is 5.32 Å². The topological polar surface area (TPSA) is 64.3 Å². The highest BCUT2D eigenvalue weighted by atomic mass is 16.5. The number of ether oxygens (including phenoxy) is 1. The van der Waals surface area contributed by atoms with E-state index in [1.54, 1.807) is 7.11 Å². The molecular weight excluding hydrogens is 180 g/mol. The molecule has 1 amide bonds. The van der Waals surface area contributed by atoms with Crippen molar-refractivity contribution in [2.75, 3.05) is 13.7 Å². The van der Waals surface area contributed by atoms with Crippen LogP contribution in [0.15, 0.2) is 0 Å². The number of nitrogens with one attached hydrogen (secondary N) is 1. The highest BCUT2D eigenvalue weighted by molar-refractivity contribution is 5.82. The van der Waals surface area contributed by atoms with E-state index in [4.69, 9.17) is 10.5 Å². The van der Waals surface area contributed by atoms with Gasteiger partial charge in [-0.3, -0.25) is 4.79 Å². The summed E-state index contributed by atoms with van der Waals surface area (Å²) >= 11 is 0. The first-order valence-electron chi connectivity index (χ1n) is 5.07. The Bertz CT molecular complexity index is 172. The van der Waals surface area contributed by atoms with Gasteiger partial charge in [-0.15, -0.1) is 0 Å². The maximum absolute atomic E-state index is 11.5. The predicted molar refractivity (Wildman–Crippen MR) is 56.9 cm³/mol. The Balaban J connectivity index is 4.01. The molecule has 14 heavy (non-hydrogen) atoms. The minimum atomic E-state index is -0.430. The summed E-state index contributed by atoms with van der Waals surface area (Å²) in [7, 11) is 1.62. The summed E-state index contributed by atoms with van der Waals surface area (Å²) in [6, 6.07) is -0.363. The average molecular weight is 202 g/mol. The molecule has 84 valence electrons. The molecule has 0 aliphatic heterocycles. The largest absolute Gasteiger partial charge is 0.383 e. The highest BCUT2D eigenvalue weighted by Gasteiger charge is 2.19. The molecule has 0 fully saturated rings. The molecular formula is C10H22N2O2. The van der Waals surface area contributed by atoms with Crippen LogP contribution < -0.4 is 11.1 Å². The first-order valence-corrected chi connectivity index (χ1v) is 5.07. The summed E-state index contributed by atoms with van der Waals surface area (Å²) in [6.07, 6.45) is 0.852. The molecule has 3 N–H and O–H groups in total. The first-order chi connectivity index (χ1) is 6.52. The Morgan fingerprint density at radius 2 is 2.07 bits per heavy atom. The van der Waals surface area contributed by atoms with Gasteiger partial charge in [0.25, 0.3) is 0 Å². The second-order valence-electron chi connectivity index (χ2n) is 3.84. The lowest BCUT2D eigenvalue weighted by molar-refractivity contribution is -0.124. The van der Waals surface area contributed by atoms with Crippen LogP contribution in [0.3, 0.4) is 0 Å². The molecule has 0 heterocycles. The van der Waals surface area contributed by atoms with Crippen LogP contribution in [-0.4, -0.2) is 31.7 Å². The summed E-state index contributed by atoms with van der Waals surface area (Å²) in [4.78, 5) is 11.5. The standard InChI is InChI=1S/C10H22N2O2/c1-5-8(6-14-4)12-10(13)9(11)7(2)3/h7-9H,5-6,11H2,1-4H3,(H,12,13)/t8?,9-/m1/s1. The Morgan fingerprint density at radius 3 is 2.43 bits per heavy atom. The Kier molecular flexibility index (Phi) is 6.49. The quantitative estimate of drug-likeness (QED) is 0.659. The van der Waals surface area contributed by atoms with Gasteiger partial charge in [-0.05, 0) is 12.3 Å². The van der Waals surface area contributed by atoms with E-state index in [0.29, 0.717) is 6.61 Å². The van der Waals surface area contributed by atoms with Crippen LogP contribution >= 0.6 is 0 Å². The number of carbonyl (C=O) groups is 1. The molecule has 2 atom stereocenters. The van der Waals surface area contributed by atoms with Crippen molar-refractivity contribution < 1.29 is 9.53 Å². The van der Waals surface area contributed by atoms with Gasteiger partial charge in [-0.1, -0.05) is 20.8 Å². The van der Waals surface area contributed by atoms with E-state index < -0.39 is 6.04 Å². The first kappa shape index (κ1) is 13.4. The molecule has 0 bridgehead atoms. The molecule has 4 nitrogen and oxygen atoms in total. The van der Waals surface area contributed by atoms with Gasteiger partial charge < -0.3 is 15.8 Å². The fourth-order valence-corrected chi connectivity index (χ4v) is 1.06. The van der Waals surface area contributed by atoms with Gasteiger partial charge in [-0.2, -0.15) is 0 Å². The molecule has 0 aromatic heterocycles. The molecule has 0 aliphatic rings. The van der Waals surface area contributed by atoms with Gasteiger partial charge >= 0.3 is 0 Å². The molecule has 0 aliphatic carbocycles. The molecule has 4 heteroatoms. The van der Waals surface area contributed by atoms with E-state index in [0.717, 1.165) is 6.42 Å². The van der Waals surface area contributed by atoms with Crippen molar-refractivity contribution in [2.24, 2.45) is 11.7 Å². The lowest BCUT2D eigenvalue weighted by atomic mass is 10.0. The zero-order valence-corrected chi connectivity index (χ0v) is 9.54. The summed E-state index contributed by atoms with van der Waals surface area (Å²) in [5, 5.41) is 2.86. The number of nitrogens with two attached hydrogens (primary N) is 1. The monoisotopic (exact) mass is 202 g/mol. The van der Waals surface area contributed by atoms with Crippen LogP contribution in [0.2, 0.25) is 0 Å². The summed E-state index contributed by atoms with van der Waals surface area (Å²) in [5.74, 6) is 0.0685. The van der Waals surface area contributed by atoms with Crippen LogP contribution in [0.5, 0.6) is 0 Å². The van der Waals surface area contributed by atoms with E-state index in [-0.39, 0.29) is 17.9 Å². The van der Waals surface area contributed by atoms with Crippen LogP contribution in [-0.2, 0) is 9.53 Å². The van der Waals surface area contributed by atoms with Crippen molar-refractivity contribution in [3.05, 3.63) is 0 Å². The normalized spacial score (nSPS) is 15.3. The Hall–Kier alpha value is -0.610. The van der Waals surface area contributed by atoms with Gasteiger partial charge in [0.05, 0.1) is 18.7 Å². The van der Waals surface area contributed by atoms with Crippen LogP contribution in [0.4, 0.5) is 0 Å². The van der Waals surface area contributed by atoms with Crippen LogP contribution in [0.1, 0.15) is 27.2 Å². The summed E-state index contributed by atoms with van der Waals surface area (Å²) in [6.45, 7) is 6.40. The Morgan fingerprint density at radius 1 is 1.50 bits per heavy atom. The Labute approximate surface area is 86.2 Å². The van der Waals surface area contributed by atoms with Crippen molar-refractivity contribution in [1.29, 1.82) is 0 Å². The maximum Gasteiger partial charge on any atom is 0.237 e. The van der Waals surface area contributed by atoms with Crippen molar-refractivity contribution >= 4 is 5.91 Å². The smallest absolute Gasteiger partial charge is 0.237 e. The third-order valence-electron chi connectivity index (χ3n) is 2.23. The minimum absolute atomic E-state index is 0.0669. The second kappa shape index (κ2) is 6.79. The summed E-state index contributed by atoms with van der Waals surface area (Å²) < 4.78 is 4.98. The summed E-state index contributed by atoms with van der Waals surface area (Å²) in [5.41, 5.74) is 5.71. The predicted octanol–water partition coefficient (Wildman–Crippen LogP) is 0.511. The number of hydrogen-bond donors (Lipinski definition) is 2. The van der Waals surface area contributed by atoms with Gasteiger partial charge in [0.15, 0.2) is 0 Å². The second-order valence-corrected chi connectivity index (χ2v) is 3.84. The maximum atomic E-state index is 11.5. The molecule has 1 unspecified atom stereocenters. The lowest BCUT2D eigenvalue weighted by Gasteiger charge is -2.20. The van der Waals surface area contributed by atoms with E-state index in [1.165, 1.54) is 0 Å². The van der Waals surface area contributed by atoms with Crippen molar-refractivity contribution in [2.45, 2.75) is 39.3 Å². The SMILES string of the molecule is CCC(COC)NC(=O)[C@H](N)C(C)C. The number of carbonyl (C=O) groups excluding carboxylic acids is 1. The van der Waals surface area contributed by atoms with E-state index >= 15 is 0 Å². The average Bonchev–Trinajstić information content (AvgIpc) is 2.15. The third-order valence-corrected chi connectivity index (χ3v) is 2.23. The van der Waals surface area contributed by atoms with E-state index in [1.807, 2.05) is 20.8 Å². The number of methoxy groups -OCH3 is 1. The lowest BCUT2D eigenvalue weighted by Crippen LogP contribution is -2.48. The fraction of sp³-hybridized carbons (Fsp3) is 0.900. The minimum Gasteiger partial charge on any atom is -0.383 e. The van der Waals surface area contributed by atoms with Gasteiger partial charge in [-0.25, -0.2) is 0 Å². The number of amides is 1. The van der Waals surface area contributed by atoms with E-state index in [2.05, 4.69) is 5.32 Å². The van der Waals surface area contributed by atoms with Crippen LogP contribution in [0, 0.1) is 5.92 Å². The molecule has 0 spiro atoms. The van der Waals surface area contributed by atoms with Gasteiger partial charge in [0, 0.05) is 7.11 Å². The molecule has 0 radical (unpaired) electrons. The molecule has 0 saturated carbocycles. The molecule has 0 rings (SSSR count). The van der Waals surface area contributed by atoms with Gasteiger partial charge in [0.2, 0.25) is 5.91 Å². The molecule has 0 aromatic carbocycles. The van der Waals surface area contributed by atoms with Crippen molar-refractivity contribution in [3.8, 4) is 0 Å². The number of rotatable bonds is 6. The zero-order chi connectivity index (χ0) is 11.1. The van der Waals surface area contributed by atoms with Crippen molar-refractivity contribution in [3.63, 3.8) is 0 Å². The fourth-order valence-electron chi connectivity index (χ4n) is 1.06. The molecule has 0 aromatic rings. The number of hydrogen-bond acceptors (Lipinski definition) is 3. The van der Waals surface area contributed by atoms with Gasteiger partial charge in [0.1, 0.15) is 0 Å². The molecule has 0 saturated heterocycles. The zero-order valence-electron chi connectivity index (χ0n) is 9.54.